The lowest BCUT2D eigenvalue weighted by Crippen LogP contribution is -2.00. The molecule has 5 heteroatoms. The number of oxazole rings is 1. The molecule has 1 aromatic heterocycles. The average Bonchev–Trinajstić information content (AvgIpc) is 2.62. The Morgan fingerprint density at radius 3 is 3.00 bits per heavy atom. The summed E-state index contributed by atoms with van der Waals surface area (Å²) in [5.41, 5.74) is 1.09. The van der Waals surface area contributed by atoms with Gasteiger partial charge in [-0.3, -0.25) is 0 Å². The van der Waals surface area contributed by atoms with Crippen molar-refractivity contribution in [3.8, 4) is 5.75 Å². The Hall–Kier alpha value is -2.04. The molecule has 5 nitrogen and oxygen atoms in total. The van der Waals surface area contributed by atoms with Crippen LogP contribution in [-0.2, 0) is 0 Å². The maximum Gasteiger partial charge on any atom is 0.339 e. The first-order chi connectivity index (χ1) is 6.72. The second-order valence-electron chi connectivity index (χ2n) is 2.68. The van der Waals surface area contributed by atoms with Crippen molar-refractivity contribution < 1.29 is 19.1 Å². The van der Waals surface area contributed by atoms with E-state index in [9.17, 15) is 4.79 Å². The van der Waals surface area contributed by atoms with E-state index in [2.05, 4.69) is 4.98 Å². The maximum absolute atomic E-state index is 10.8. The van der Waals surface area contributed by atoms with Crippen LogP contribution in [0.25, 0.3) is 11.1 Å². The molecule has 72 valence electrons. The third kappa shape index (κ3) is 1.19. The standard InChI is InChI=1S/C9H7NO4/c1-13-7-3-8-6(10-4-14-8)2-5(7)9(11)12/h2-4H,1H3,(H,11,12). The van der Waals surface area contributed by atoms with E-state index >= 15 is 0 Å². The molecular formula is C9H7NO4. The molecule has 0 fully saturated rings. The highest BCUT2D eigenvalue weighted by atomic mass is 16.5. The van der Waals surface area contributed by atoms with Crippen molar-refractivity contribution in [2.45, 2.75) is 0 Å². The van der Waals surface area contributed by atoms with Crippen LogP contribution in [0.1, 0.15) is 10.4 Å². The van der Waals surface area contributed by atoms with Gasteiger partial charge in [-0.05, 0) is 6.07 Å². The molecule has 0 amide bonds. The third-order valence-corrected chi connectivity index (χ3v) is 1.88. The summed E-state index contributed by atoms with van der Waals surface area (Å²) in [7, 11) is 1.41. The first-order valence-corrected chi connectivity index (χ1v) is 3.87. The van der Waals surface area contributed by atoms with E-state index in [1.54, 1.807) is 0 Å². The van der Waals surface area contributed by atoms with Gasteiger partial charge in [-0.1, -0.05) is 0 Å². The smallest absolute Gasteiger partial charge is 0.339 e. The number of carboxylic acids is 1. The number of methoxy groups -OCH3 is 1. The predicted octanol–water partition coefficient (Wildman–Crippen LogP) is 1.53. The van der Waals surface area contributed by atoms with Crippen molar-refractivity contribution in [1.29, 1.82) is 0 Å². The Labute approximate surface area is 78.9 Å². The highest BCUT2D eigenvalue weighted by Gasteiger charge is 2.13. The number of benzene rings is 1. The zero-order valence-corrected chi connectivity index (χ0v) is 7.35. The minimum Gasteiger partial charge on any atom is -0.496 e. The molecule has 2 rings (SSSR count). The van der Waals surface area contributed by atoms with Crippen molar-refractivity contribution in [2.75, 3.05) is 7.11 Å². The van der Waals surface area contributed by atoms with Crippen LogP contribution >= 0.6 is 0 Å². The van der Waals surface area contributed by atoms with Crippen LogP contribution in [0, 0.1) is 0 Å². The lowest BCUT2D eigenvalue weighted by molar-refractivity contribution is 0.0693. The second-order valence-corrected chi connectivity index (χ2v) is 2.68. The Morgan fingerprint density at radius 2 is 2.36 bits per heavy atom. The number of nitrogens with zero attached hydrogens (tertiary/aromatic N) is 1. The Balaban J connectivity index is 2.72. The Kier molecular flexibility index (Phi) is 1.85. The number of carboxylic acid groups (broad SMARTS) is 1. The van der Waals surface area contributed by atoms with E-state index < -0.39 is 5.97 Å². The van der Waals surface area contributed by atoms with Gasteiger partial charge in [0.05, 0.1) is 7.11 Å². The van der Waals surface area contributed by atoms with Gasteiger partial charge in [-0.2, -0.15) is 0 Å². The number of hydrogen-bond acceptors (Lipinski definition) is 4. The summed E-state index contributed by atoms with van der Waals surface area (Å²) in [4.78, 5) is 14.7. The molecule has 1 N–H and O–H groups in total. The summed E-state index contributed by atoms with van der Waals surface area (Å²) < 4.78 is 9.93. The first kappa shape index (κ1) is 8.55. The summed E-state index contributed by atoms with van der Waals surface area (Å²) in [6, 6.07) is 2.92. The van der Waals surface area contributed by atoms with Crippen LogP contribution in [0.5, 0.6) is 5.75 Å². The molecule has 14 heavy (non-hydrogen) atoms. The molecular weight excluding hydrogens is 186 g/mol. The molecule has 0 atom stereocenters. The van der Waals surface area contributed by atoms with Gasteiger partial charge in [0.1, 0.15) is 16.8 Å². The molecule has 0 spiro atoms. The molecule has 0 unspecified atom stereocenters. The van der Waals surface area contributed by atoms with E-state index in [4.69, 9.17) is 14.3 Å². The molecule has 0 radical (unpaired) electrons. The van der Waals surface area contributed by atoms with Crippen LogP contribution < -0.4 is 4.74 Å². The van der Waals surface area contributed by atoms with Gasteiger partial charge < -0.3 is 14.3 Å². The minimum atomic E-state index is -1.05. The molecule has 2 aromatic rings. The monoisotopic (exact) mass is 193 g/mol. The molecule has 0 saturated heterocycles. The van der Waals surface area contributed by atoms with Crippen LogP contribution in [-0.4, -0.2) is 23.2 Å². The Bertz CT molecular complexity index is 489. The molecule has 0 saturated carbocycles. The fourth-order valence-corrected chi connectivity index (χ4v) is 1.22. The van der Waals surface area contributed by atoms with Crippen molar-refractivity contribution in [2.24, 2.45) is 0 Å². The zero-order chi connectivity index (χ0) is 10.1. The largest absolute Gasteiger partial charge is 0.496 e. The first-order valence-electron chi connectivity index (χ1n) is 3.87. The van der Waals surface area contributed by atoms with Gasteiger partial charge in [0.25, 0.3) is 0 Å². The lowest BCUT2D eigenvalue weighted by Gasteiger charge is -2.02. The maximum atomic E-state index is 10.8. The quantitative estimate of drug-likeness (QED) is 0.782. The summed E-state index contributed by atoms with van der Waals surface area (Å²) in [6.45, 7) is 0. The summed E-state index contributed by atoms with van der Waals surface area (Å²) in [5, 5.41) is 8.86. The molecule has 0 aliphatic heterocycles. The fraction of sp³-hybridized carbons (Fsp3) is 0.111. The molecule has 1 aromatic carbocycles. The van der Waals surface area contributed by atoms with E-state index in [0.717, 1.165) is 0 Å². The number of aromatic carboxylic acids is 1. The van der Waals surface area contributed by atoms with Crippen LogP contribution in [0.3, 0.4) is 0 Å². The van der Waals surface area contributed by atoms with Crippen molar-refractivity contribution >= 4 is 17.1 Å². The van der Waals surface area contributed by atoms with E-state index in [1.807, 2.05) is 0 Å². The fourth-order valence-electron chi connectivity index (χ4n) is 1.22. The van der Waals surface area contributed by atoms with Gasteiger partial charge in [-0.15, -0.1) is 0 Å². The Morgan fingerprint density at radius 1 is 1.57 bits per heavy atom. The average molecular weight is 193 g/mol. The zero-order valence-electron chi connectivity index (χ0n) is 7.35. The van der Waals surface area contributed by atoms with E-state index in [-0.39, 0.29) is 11.3 Å². The highest BCUT2D eigenvalue weighted by molar-refractivity contribution is 5.95. The number of ether oxygens (including phenoxy) is 1. The predicted molar refractivity (Wildman–Crippen MR) is 47.5 cm³/mol. The van der Waals surface area contributed by atoms with E-state index in [1.165, 1.54) is 25.6 Å². The van der Waals surface area contributed by atoms with Gasteiger partial charge in [0, 0.05) is 6.07 Å². The van der Waals surface area contributed by atoms with Crippen molar-refractivity contribution in [3.63, 3.8) is 0 Å². The summed E-state index contributed by atoms with van der Waals surface area (Å²) >= 11 is 0. The van der Waals surface area contributed by atoms with Gasteiger partial charge in [0.2, 0.25) is 0 Å². The van der Waals surface area contributed by atoms with Crippen molar-refractivity contribution in [3.05, 3.63) is 24.1 Å². The van der Waals surface area contributed by atoms with Crippen molar-refractivity contribution in [1.82, 2.24) is 4.98 Å². The summed E-state index contributed by atoms with van der Waals surface area (Å²) in [5.74, 6) is -0.784. The lowest BCUT2D eigenvalue weighted by atomic mass is 10.2. The van der Waals surface area contributed by atoms with Gasteiger partial charge >= 0.3 is 5.97 Å². The number of rotatable bonds is 2. The van der Waals surface area contributed by atoms with E-state index in [0.29, 0.717) is 11.1 Å². The summed E-state index contributed by atoms with van der Waals surface area (Å²) in [6.07, 6.45) is 1.26. The molecule has 0 bridgehead atoms. The number of aromatic nitrogens is 1. The molecule has 0 aliphatic rings. The normalized spacial score (nSPS) is 10.4. The number of carbonyl (C=O) groups is 1. The third-order valence-electron chi connectivity index (χ3n) is 1.88. The van der Waals surface area contributed by atoms with Gasteiger partial charge in [0.15, 0.2) is 12.0 Å². The van der Waals surface area contributed by atoms with Crippen LogP contribution in [0.4, 0.5) is 0 Å². The molecule has 0 aliphatic carbocycles. The van der Waals surface area contributed by atoms with Crippen LogP contribution in [0.2, 0.25) is 0 Å². The number of fused-ring (bicyclic) bond motifs is 1. The van der Waals surface area contributed by atoms with Crippen LogP contribution in [0.15, 0.2) is 22.9 Å². The van der Waals surface area contributed by atoms with Gasteiger partial charge in [-0.25, -0.2) is 9.78 Å². The topological polar surface area (TPSA) is 72.6 Å². The number of hydrogen-bond donors (Lipinski definition) is 1. The molecule has 1 heterocycles. The SMILES string of the molecule is COc1cc2ocnc2cc1C(=O)O. The second kappa shape index (κ2) is 3.02. The highest BCUT2D eigenvalue weighted by Crippen LogP contribution is 2.24. The minimum absolute atomic E-state index is 0.0777.